The highest BCUT2D eigenvalue weighted by Crippen LogP contribution is 2.18. The van der Waals surface area contributed by atoms with Crippen molar-refractivity contribution in [2.45, 2.75) is 50.9 Å². The summed E-state index contributed by atoms with van der Waals surface area (Å²) in [4.78, 5) is 0. The topological polar surface area (TPSA) is 49.7 Å². The van der Waals surface area contributed by atoms with Crippen LogP contribution in [0.1, 0.15) is 32.6 Å². The first-order valence-corrected chi connectivity index (χ1v) is 4.68. The van der Waals surface area contributed by atoms with Gasteiger partial charge >= 0.3 is 0 Å². The first-order chi connectivity index (χ1) is 5.70. The van der Waals surface area contributed by atoms with E-state index in [1.165, 1.54) is 0 Å². The summed E-state index contributed by atoms with van der Waals surface area (Å²) < 4.78 is 5.39. The zero-order valence-electron chi connectivity index (χ0n) is 7.57. The number of aliphatic hydroxyl groups excluding tert-OH is 2. The minimum Gasteiger partial charge on any atom is -0.391 e. The summed E-state index contributed by atoms with van der Waals surface area (Å²) in [7, 11) is 0. The Morgan fingerprint density at radius 1 is 1.50 bits per heavy atom. The molecule has 1 heterocycles. The molecular formula is C9H18O3. The lowest BCUT2D eigenvalue weighted by Gasteiger charge is -2.15. The average molecular weight is 174 g/mol. The summed E-state index contributed by atoms with van der Waals surface area (Å²) in [6.45, 7) is 2.47. The monoisotopic (exact) mass is 174 g/mol. The van der Waals surface area contributed by atoms with Crippen LogP contribution in [0.5, 0.6) is 0 Å². The molecular weight excluding hydrogens is 156 g/mol. The second kappa shape index (κ2) is 4.80. The van der Waals surface area contributed by atoms with Gasteiger partial charge in [-0.2, -0.15) is 0 Å². The maximum Gasteiger partial charge on any atom is 0.0797 e. The summed E-state index contributed by atoms with van der Waals surface area (Å²) >= 11 is 0. The Hall–Kier alpha value is -0.120. The quantitative estimate of drug-likeness (QED) is 0.659. The number of rotatable bonds is 4. The van der Waals surface area contributed by atoms with Gasteiger partial charge < -0.3 is 14.9 Å². The van der Waals surface area contributed by atoms with E-state index in [0.29, 0.717) is 12.5 Å². The number of hydrogen-bond acceptors (Lipinski definition) is 3. The third kappa shape index (κ3) is 3.09. The van der Waals surface area contributed by atoms with Crippen LogP contribution >= 0.6 is 0 Å². The van der Waals surface area contributed by atoms with Crippen molar-refractivity contribution < 1.29 is 14.9 Å². The highest BCUT2D eigenvalue weighted by molar-refractivity contribution is 4.69. The van der Waals surface area contributed by atoms with Gasteiger partial charge in [-0.05, 0) is 32.6 Å². The predicted molar refractivity (Wildman–Crippen MR) is 45.9 cm³/mol. The van der Waals surface area contributed by atoms with Crippen LogP contribution in [0.4, 0.5) is 0 Å². The van der Waals surface area contributed by atoms with Crippen LogP contribution in [-0.4, -0.2) is 35.1 Å². The fourth-order valence-corrected chi connectivity index (χ4v) is 1.47. The van der Waals surface area contributed by atoms with Gasteiger partial charge in [-0.1, -0.05) is 0 Å². The second-order valence-corrected chi connectivity index (χ2v) is 3.52. The first kappa shape index (κ1) is 9.96. The van der Waals surface area contributed by atoms with Gasteiger partial charge in [-0.15, -0.1) is 0 Å². The smallest absolute Gasteiger partial charge is 0.0797 e. The standard InChI is InChI=1S/C9H18O3/c1-7(10)9(11)5-4-8-3-2-6-12-8/h7-11H,2-6H2,1H3. The Morgan fingerprint density at radius 3 is 2.75 bits per heavy atom. The Morgan fingerprint density at radius 2 is 2.25 bits per heavy atom. The van der Waals surface area contributed by atoms with Gasteiger partial charge in [-0.3, -0.25) is 0 Å². The third-order valence-corrected chi connectivity index (χ3v) is 2.37. The molecule has 0 aromatic carbocycles. The van der Waals surface area contributed by atoms with Crippen LogP contribution in [0.2, 0.25) is 0 Å². The van der Waals surface area contributed by atoms with Gasteiger partial charge in [0.1, 0.15) is 0 Å². The Bertz CT molecular complexity index is 117. The summed E-state index contributed by atoms with van der Waals surface area (Å²) in [6, 6.07) is 0. The van der Waals surface area contributed by atoms with Crippen molar-refractivity contribution in [2.24, 2.45) is 0 Å². The highest BCUT2D eigenvalue weighted by Gasteiger charge is 2.18. The van der Waals surface area contributed by atoms with Crippen LogP contribution < -0.4 is 0 Å². The van der Waals surface area contributed by atoms with E-state index in [1.807, 2.05) is 0 Å². The van der Waals surface area contributed by atoms with Crippen molar-refractivity contribution in [1.82, 2.24) is 0 Å². The molecule has 3 nitrogen and oxygen atoms in total. The number of ether oxygens (including phenoxy) is 1. The predicted octanol–water partition coefficient (Wildman–Crippen LogP) is 0.687. The summed E-state index contributed by atoms with van der Waals surface area (Å²) in [5, 5.41) is 18.3. The van der Waals surface area contributed by atoms with Crippen LogP contribution in [0.15, 0.2) is 0 Å². The van der Waals surface area contributed by atoms with E-state index in [-0.39, 0.29) is 0 Å². The maximum atomic E-state index is 9.28. The van der Waals surface area contributed by atoms with Gasteiger partial charge in [-0.25, -0.2) is 0 Å². The van der Waals surface area contributed by atoms with Crippen molar-refractivity contribution in [3.05, 3.63) is 0 Å². The molecule has 12 heavy (non-hydrogen) atoms. The fourth-order valence-electron chi connectivity index (χ4n) is 1.47. The van der Waals surface area contributed by atoms with Crippen molar-refractivity contribution in [3.63, 3.8) is 0 Å². The van der Waals surface area contributed by atoms with Gasteiger partial charge in [0.25, 0.3) is 0 Å². The molecule has 1 rings (SSSR count). The molecule has 2 N–H and O–H groups in total. The minimum absolute atomic E-state index is 0.318. The highest BCUT2D eigenvalue weighted by atomic mass is 16.5. The van der Waals surface area contributed by atoms with Crippen molar-refractivity contribution in [3.8, 4) is 0 Å². The maximum absolute atomic E-state index is 9.28. The van der Waals surface area contributed by atoms with Gasteiger partial charge in [0.15, 0.2) is 0 Å². The van der Waals surface area contributed by atoms with E-state index in [4.69, 9.17) is 9.84 Å². The van der Waals surface area contributed by atoms with Crippen LogP contribution in [0.25, 0.3) is 0 Å². The van der Waals surface area contributed by atoms with Crippen molar-refractivity contribution in [2.75, 3.05) is 6.61 Å². The Labute approximate surface area is 73.4 Å². The molecule has 0 aromatic heterocycles. The van der Waals surface area contributed by atoms with Gasteiger partial charge in [0.05, 0.1) is 18.3 Å². The fraction of sp³-hybridized carbons (Fsp3) is 1.00. The van der Waals surface area contributed by atoms with Gasteiger partial charge in [0.2, 0.25) is 0 Å². The van der Waals surface area contributed by atoms with Crippen LogP contribution in [0.3, 0.4) is 0 Å². The summed E-state index contributed by atoms with van der Waals surface area (Å²) in [5.41, 5.74) is 0. The molecule has 1 aliphatic heterocycles. The minimum atomic E-state index is -0.619. The van der Waals surface area contributed by atoms with E-state index in [0.717, 1.165) is 25.9 Å². The largest absolute Gasteiger partial charge is 0.391 e. The summed E-state index contributed by atoms with van der Waals surface area (Å²) in [6.07, 6.45) is 2.86. The second-order valence-electron chi connectivity index (χ2n) is 3.52. The molecule has 0 radical (unpaired) electrons. The SMILES string of the molecule is CC(O)C(O)CCC1CCCO1. The zero-order valence-corrected chi connectivity index (χ0v) is 7.57. The Kier molecular flexibility index (Phi) is 3.98. The van der Waals surface area contributed by atoms with Crippen LogP contribution in [-0.2, 0) is 4.74 Å². The van der Waals surface area contributed by atoms with E-state index in [1.54, 1.807) is 6.92 Å². The molecule has 0 spiro atoms. The van der Waals surface area contributed by atoms with E-state index < -0.39 is 12.2 Å². The zero-order chi connectivity index (χ0) is 8.97. The average Bonchev–Trinajstić information content (AvgIpc) is 2.51. The molecule has 0 amide bonds. The van der Waals surface area contributed by atoms with Crippen molar-refractivity contribution >= 4 is 0 Å². The van der Waals surface area contributed by atoms with E-state index in [9.17, 15) is 5.11 Å². The van der Waals surface area contributed by atoms with Crippen LogP contribution in [0, 0.1) is 0 Å². The molecule has 1 saturated heterocycles. The van der Waals surface area contributed by atoms with Gasteiger partial charge in [0, 0.05) is 6.61 Å². The lowest BCUT2D eigenvalue weighted by molar-refractivity contribution is 0.0126. The van der Waals surface area contributed by atoms with E-state index in [2.05, 4.69) is 0 Å². The molecule has 1 aliphatic rings. The lowest BCUT2D eigenvalue weighted by Crippen LogP contribution is -2.23. The third-order valence-electron chi connectivity index (χ3n) is 2.37. The number of aliphatic hydroxyl groups is 2. The molecule has 0 saturated carbocycles. The molecule has 3 heteroatoms. The molecule has 0 aliphatic carbocycles. The molecule has 3 atom stereocenters. The molecule has 72 valence electrons. The summed E-state index contributed by atoms with van der Waals surface area (Å²) in [5.74, 6) is 0. The molecule has 1 fully saturated rings. The number of hydrogen-bond donors (Lipinski definition) is 2. The molecule has 3 unspecified atom stereocenters. The normalized spacial score (nSPS) is 28.8. The molecule has 0 bridgehead atoms. The molecule has 0 aromatic rings. The lowest BCUT2D eigenvalue weighted by atomic mass is 10.1. The first-order valence-electron chi connectivity index (χ1n) is 4.68. The van der Waals surface area contributed by atoms with Crippen molar-refractivity contribution in [1.29, 1.82) is 0 Å². The van der Waals surface area contributed by atoms with E-state index >= 15 is 0 Å². The Balaban J connectivity index is 2.07.